The Bertz CT molecular complexity index is 213. The molecule has 0 spiro atoms. The highest BCUT2D eigenvalue weighted by Crippen LogP contribution is 2.16. The van der Waals surface area contributed by atoms with Crippen LogP contribution < -0.4 is 0 Å². The maximum absolute atomic E-state index is 12.9. The molecule has 3 heteroatoms. The molecular formula is C9H10FO2. The summed E-state index contributed by atoms with van der Waals surface area (Å²) < 4.78 is 22.1. The predicted octanol–water partition coefficient (Wildman–Crippen LogP) is 2.11. The van der Waals surface area contributed by atoms with Gasteiger partial charge in [0.25, 0.3) is 0 Å². The summed E-state index contributed by atoms with van der Waals surface area (Å²) in [5.74, 6) is 0. The molecule has 0 N–H and O–H groups in total. The molecule has 0 saturated heterocycles. The molecule has 1 aromatic carbocycles. The molecule has 65 valence electrons. The summed E-state index contributed by atoms with van der Waals surface area (Å²) in [5, 5.41) is 0. The zero-order valence-corrected chi connectivity index (χ0v) is 6.79. The zero-order chi connectivity index (χ0) is 8.81. The highest BCUT2D eigenvalue weighted by molar-refractivity contribution is 5.23. The highest BCUT2D eigenvalue weighted by Gasteiger charge is 2.10. The van der Waals surface area contributed by atoms with Gasteiger partial charge >= 0.3 is 6.36 Å². The number of hydrogen-bond acceptors (Lipinski definition) is 2. The number of methoxy groups -OCH3 is 1. The van der Waals surface area contributed by atoms with Crippen molar-refractivity contribution in [2.45, 2.75) is 0 Å². The zero-order valence-electron chi connectivity index (χ0n) is 6.79. The Morgan fingerprint density at radius 1 is 1.33 bits per heavy atom. The second kappa shape index (κ2) is 4.85. The van der Waals surface area contributed by atoms with Gasteiger partial charge in [0, 0.05) is 12.7 Å². The fourth-order valence-electron chi connectivity index (χ4n) is 0.763. The number of hydrogen-bond donors (Lipinski definition) is 0. The summed E-state index contributed by atoms with van der Waals surface area (Å²) in [7, 11) is 1.44. The lowest BCUT2D eigenvalue weighted by molar-refractivity contribution is -0.0481. The van der Waals surface area contributed by atoms with Gasteiger partial charge in [0.05, 0.1) is 0 Å². The molecule has 2 nitrogen and oxygen atoms in total. The van der Waals surface area contributed by atoms with Crippen molar-refractivity contribution >= 4 is 0 Å². The van der Waals surface area contributed by atoms with E-state index in [0.717, 1.165) is 0 Å². The molecule has 0 heterocycles. The molecule has 0 aromatic heterocycles. The van der Waals surface area contributed by atoms with Crippen molar-refractivity contribution in [2.75, 3.05) is 13.9 Å². The fraction of sp³-hybridized carbons (Fsp3) is 0.222. The van der Waals surface area contributed by atoms with Crippen LogP contribution in [0.5, 0.6) is 0 Å². The van der Waals surface area contributed by atoms with Gasteiger partial charge in [-0.2, -0.15) is 4.39 Å². The van der Waals surface area contributed by atoms with E-state index in [2.05, 4.69) is 9.47 Å². The molecule has 0 bridgehead atoms. The molecule has 1 radical (unpaired) electrons. The van der Waals surface area contributed by atoms with Gasteiger partial charge < -0.3 is 9.47 Å². The average molecular weight is 169 g/mol. The van der Waals surface area contributed by atoms with E-state index >= 15 is 0 Å². The van der Waals surface area contributed by atoms with Gasteiger partial charge in [-0.05, 0) is 0 Å². The Morgan fingerprint density at radius 2 is 2.00 bits per heavy atom. The largest absolute Gasteiger partial charge is 0.358 e. The molecular weight excluding hydrogens is 159 g/mol. The first kappa shape index (κ1) is 9.16. The van der Waals surface area contributed by atoms with E-state index in [1.54, 1.807) is 24.3 Å². The Morgan fingerprint density at radius 3 is 2.58 bits per heavy atom. The quantitative estimate of drug-likeness (QED) is 0.643. The van der Waals surface area contributed by atoms with Crippen LogP contribution in [0.25, 0.3) is 0 Å². The standard InChI is InChI=1S/C9H10FO2/c1-11-7-12-9(10)8-5-3-2-4-6-8/h2-6H,7H2,1H3. The number of benzene rings is 1. The van der Waals surface area contributed by atoms with Crippen molar-refractivity contribution in [3.05, 3.63) is 42.3 Å². The van der Waals surface area contributed by atoms with Crippen LogP contribution >= 0.6 is 0 Å². The molecule has 0 amide bonds. The van der Waals surface area contributed by atoms with Gasteiger partial charge in [-0.1, -0.05) is 30.3 Å². The van der Waals surface area contributed by atoms with Gasteiger partial charge in [-0.3, -0.25) is 0 Å². The SMILES string of the molecule is COCO[C](F)c1ccccc1. The monoisotopic (exact) mass is 169 g/mol. The summed E-state index contributed by atoms with van der Waals surface area (Å²) in [5.41, 5.74) is 0.426. The van der Waals surface area contributed by atoms with Crippen LogP contribution in [0.1, 0.15) is 5.56 Å². The van der Waals surface area contributed by atoms with E-state index < -0.39 is 6.36 Å². The Balaban J connectivity index is 2.48. The van der Waals surface area contributed by atoms with Crippen LogP contribution in [-0.4, -0.2) is 13.9 Å². The minimum atomic E-state index is -0.613. The maximum Gasteiger partial charge on any atom is 0.301 e. The van der Waals surface area contributed by atoms with Crippen LogP contribution in [0.3, 0.4) is 0 Å². The lowest BCUT2D eigenvalue weighted by Crippen LogP contribution is -2.01. The minimum absolute atomic E-state index is 0.0687. The number of halogens is 1. The van der Waals surface area contributed by atoms with Crippen LogP contribution in [0.15, 0.2) is 30.3 Å². The number of ether oxygens (including phenoxy) is 2. The third-order valence-corrected chi connectivity index (χ3v) is 1.30. The first-order valence-corrected chi connectivity index (χ1v) is 3.54. The van der Waals surface area contributed by atoms with E-state index in [-0.39, 0.29) is 6.79 Å². The van der Waals surface area contributed by atoms with Crippen molar-refractivity contribution in [1.29, 1.82) is 0 Å². The molecule has 0 atom stereocenters. The molecule has 0 fully saturated rings. The topological polar surface area (TPSA) is 18.5 Å². The van der Waals surface area contributed by atoms with Crippen LogP contribution in [0.2, 0.25) is 0 Å². The Hall–Kier alpha value is -0.930. The van der Waals surface area contributed by atoms with E-state index in [1.165, 1.54) is 7.11 Å². The summed E-state index contributed by atoms with van der Waals surface area (Å²) in [6, 6.07) is 8.55. The normalized spacial score (nSPS) is 10.6. The molecule has 0 saturated carbocycles. The lowest BCUT2D eigenvalue weighted by Gasteiger charge is -2.05. The second-order valence-electron chi connectivity index (χ2n) is 2.19. The van der Waals surface area contributed by atoms with Crippen LogP contribution in [0, 0.1) is 6.36 Å². The minimum Gasteiger partial charge on any atom is -0.358 e. The van der Waals surface area contributed by atoms with Gasteiger partial charge in [-0.25, -0.2) is 0 Å². The number of rotatable bonds is 4. The maximum atomic E-state index is 12.9. The molecule has 0 aliphatic rings. The summed E-state index contributed by atoms with van der Waals surface area (Å²) in [6.07, 6.45) is -0.613. The summed E-state index contributed by atoms with van der Waals surface area (Å²) >= 11 is 0. The Labute approximate surface area is 70.9 Å². The first-order valence-electron chi connectivity index (χ1n) is 3.54. The molecule has 0 aliphatic heterocycles. The second-order valence-corrected chi connectivity index (χ2v) is 2.19. The van der Waals surface area contributed by atoms with Crippen molar-refractivity contribution in [3.8, 4) is 0 Å². The van der Waals surface area contributed by atoms with Gasteiger partial charge in [0.15, 0.2) is 6.79 Å². The third-order valence-electron chi connectivity index (χ3n) is 1.30. The third kappa shape index (κ3) is 2.60. The smallest absolute Gasteiger partial charge is 0.301 e. The molecule has 1 aromatic rings. The summed E-state index contributed by atoms with van der Waals surface area (Å²) in [4.78, 5) is 0. The predicted molar refractivity (Wildman–Crippen MR) is 42.9 cm³/mol. The molecule has 0 aliphatic carbocycles. The van der Waals surface area contributed by atoms with Crippen molar-refractivity contribution < 1.29 is 13.9 Å². The van der Waals surface area contributed by atoms with Gasteiger partial charge in [-0.15, -0.1) is 0 Å². The van der Waals surface area contributed by atoms with Crippen molar-refractivity contribution in [1.82, 2.24) is 0 Å². The molecule has 12 heavy (non-hydrogen) atoms. The van der Waals surface area contributed by atoms with E-state index in [4.69, 9.17) is 0 Å². The van der Waals surface area contributed by atoms with Gasteiger partial charge in [0.1, 0.15) is 0 Å². The Kier molecular flexibility index (Phi) is 3.70. The fourth-order valence-corrected chi connectivity index (χ4v) is 0.763. The van der Waals surface area contributed by atoms with Gasteiger partial charge in [0.2, 0.25) is 0 Å². The first-order chi connectivity index (χ1) is 5.84. The highest BCUT2D eigenvalue weighted by atomic mass is 19.1. The van der Waals surface area contributed by atoms with E-state index in [1.807, 2.05) is 6.07 Å². The molecule has 0 unspecified atom stereocenters. The lowest BCUT2D eigenvalue weighted by atomic mass is 10.2. The van der Waals surface area contributed by atoms with E-state index in [0.29, 0.717) is 5.56 Å². The summed E-state index contributed by atoms with van der Waals surface area (Å²) in [6.45, 7) is -0.0687. The van der Waals surface area contributed by atoms with Crippen molar-refractivity contribution in [3.63, 3.8) is 0 Å². The van der Waals surface area contributed by atoms with Crippen molar-refractivity contribution in [2.24, 2.45) is 0 Å². The van der Waals surface area contributed by atoms with E-state index in [9.17, 15) is 4.39 Å². The molecule has 1 rings (SSSR count). The van der Waals surface area contributed by atoms with Crippen LogP contribution in [0.4, 0.5) is 4.39 Å². The van der Waals surface area contributed by atoms with Crippen LogP contribution in [-0.2, 0) is 9.47 Å². The average Bonchev–Trinajstić information content (AvgIpc) is 2.15.